The Bertz CT molecular complexity index is 316. The van der Waals surface area contributed by atoms with Gasteiger partial charge in [-0.25, -0.2) is 0 Å². The number of alkyl halides is 1. The Morgan fingerprint density at radius 1 is 1.38 bits per heavy atom. The summed E-state index contributed by atoms with van der Waals surface area (Å²) in [5.74, 6) is -0.0353. The van der Waals surface area contributed by atoms with Gasteiger partial charge in [0.1, 0.15) is 0 Å². The summed E-state index contributed by atoms with van der Waals surface area (Å²) in [4.78, 5) is 11.4. The molecule has 0 aliphatic heterocycles. The van der Waals surface area contributed by atoms with Crippen LogP contribution >= 0.6 is 15.9 Å². The second-order valence-electron chi connectivity index (χ2n) is 3.58. The Balaban J connectivity index is 2.46. The van der Waals surface area contributed by atoms with Crippen molar-refractivity contribution >= 4 is 21.8 Å². The predicted molar refractivity (Wildman–Crippen MR) is 67.6 cm³/mol. The smallest absolute Gasteiger partial charge is 0.221 e. The number of rotatable bonds is 6. The summed E-state index contributed by atoms with van der Waals surface area (Å²) in [6.45, 7) is -0.0388. The number of hydrogen-bond donors (Lipinski definition) is 2. The van der Waals surface area contributed by atoms with Crippen molar-refractivity contribution in [2.75, 3.05) is 11.9 Å². The minimum absolute atomic E-state index is 0.0353. The Morgan fingerprint density at radius 3 is 2.62 bits per heavy atom. The quantitative estimate of drug-likeness (QED) is 0.778. The number of carbonyl (C=O) groups is 1. The number of nitrogens with one attached hydrogen (secondary N) is 1. The van der Waals surface area contributed by atoms with Crippen LogP contribution in [0.1, 0.15) is 12.0 Å². The molecule has 88 valence electrons. The van der Waals surface area contributed by atoms with Gasteiger partial charge in [0.15, 0.2) is 0 Å². The monoisotopic (exact) mass is 285 g/mol. The third kappa shape index (κ3) is 4.77. The lowest BCUT2D eigenvalue weighted by atomic mass is 10.1. The zero-order valence-electron chi connectivity index (χ0n) is 9.03. The molecule has 2 N–H and O–H groups in total. The first kappa shape index (κ1) is 13.2. The first-order valence-corrected chi connectivity index (χ1v) is 6.38. The van der Waals surface area contributed by atoms with E-state index in [1.165, 1.54) is 0 Å². The van der Waals surface area contributed by atoms with E-state index in [-0.39, 0.29) is 18.6 Å². The topological polar surface area (TPSA) is 49.3 Å². The van der Waals surface area contributed by atoms with Gasteiger partial charge in [-0.15, -0.1) is 0 Å². The second-order valence-corrected chi connectivity index (χ2v) is 4.37. The summed E-state index contributed by atoms with van der Waals surface area (Å²) in [5, 5.41) is 12.6. The number of halogens is 1. The van der Waals surface area contributed by atoms with Gasteiger partial charge in [-0.05, 0) is 12.0 Å². The van der Waals surface area contributed by atoms with E-state index < -0.39 is 0 Å². The summed E-state index contributed by atoms with van der Waals surface area (Å²) in [6.07, 6.45) is 1.09. The number of benzene rings is 1. The van der Waals surface area contributed by atoms with E-state index in [1.807, 2.05) is 30.3 Å². The maximum atomic E-state index is 11.4. The van der Waals surface area contributed by atoms with Crippen LogP contribution < -0.4 is 5.32 Å². The van der Waals surface area contributed by atoms with Gasteiger partial charge in [0, 0.05) is 11.8 Å². The lowest BCUT2D eigenvalue weighted by Gasteiger charge is -2.16. The predicted octanol–water partition coefficient (Wildman–Crippen LogP) is 1.49. The Kier molecular flexibility index (Phi) is 6.11. The van der Waals surface area contributed by atoms with Crippen LogP contribution in [0.25, 0.3) is 0 Å². The molecule has 0 aliphatic rings. The van der Waals surface area contributed by atoms with E-state index in [4.69, 9.17) is 0 Å². The summed E-state index contributed by atoms with van der Waals surface area (Å²) < 4.78 is 0. The van der Waals surface area contributed by atoms with Crippen molar-refractivity contribution in [3.8, 4) is 0 Å². The molecule has 4 heteroatoms. The first-order valence-electron chi connectivity index (χ1n) is 5.26. The van der Waals surface area contributed by atoms with Crippen molar-refractivity contribution in [3.63, 3.8) is 0 Å². The molecule has 0 heterocycles. The van der Waals surface area contributed by atoms with E-state index >= 15 is 0 Å². The van der Waals surface area contributed by atoms with Crippen LogP contribution in [-0.4, -0.2) is 29.0 Å². The molecule has 0 unspecified atom stereocenters. The van der Waals surface area contributed by atoms with Crippen molar-refractivity contribution < 1.29 is 9.90 Å². The molecule has 1 aromatic rings. The van der Waals surface area contributed by atoms with Crippen LogP contribution in [0.4, 0.5) is 0 Å². The third-order valence-corrected chi connectivity index (χ3v) is 2.63. The van der Waals surface area contributed by atoms with Crippen LogP contribution in [0, 0.1) is 0 Å². The highest BCUT2D eigenvalue weighted by atomic mass is 79.9. The number of hydrogen-bond acceptors (Lipinski definition) is 2. The van der Waals surface area contributed by atoms with Crippen LogP contribution in [0.2, 0.25) is 0 Å². The molecule has 0 aromatic heterocycles. The van der Waals surface area contributed by atoms with Gasteiger partial charge in [0.05, 0.1) is 12.6 Å². The van der Waals surface area contributed by atoms with Gasteiger partial charge in [0.25, 0.3) is 0 Å². The molecule has 0 saturated heterocycles. The van der Waals surface area contributed by atoms with Crippen LogP contribution in [0.15, 0.2) is 30.3 Å². The Labute approximate surface area is 104 Å². The lowest BCUT2D eigenvalue weighted by molar-refractivity contribution is -0.121. The number of aliphatic hydroxyl groups is 1. The van der Waals surface area contributed by atoms with E-state index in [0.717, 1.165) is 5.56 Å². The maximum absolute atomic E-state index is 11.4. The summed E-state index contributed by atoms with van der Waals surface area (Å²) in [7, 11) is 0. The molecular formula is C12H16BrNO2. The highest BCUT2D eigenvalue weighted by Gasteiger charge is 2.11. The maximum Gasteiger partial charge on any atom is 0.221 e. The molecule has 1 atom stereocenters. The fourth-order valence-corrected chi connectivity index (χ4v) is 1.81. The standard InChI is InChI=1S/C12H16BrNO2/c13-7-6-12(16)14-11(9-15)8-10-4-2-1-3-5-10/h1-5,11,15H,6-9H2,(H,14,16)/t11-/m1/s1. The normalized spacial score (nSPS) is 12.1. The fraction of sp³-hybridized carbons (Fsp3) is 0.417. The molecule has 1 rings (SSSR count). The number of aliphatic hydroxyl groups excluding tert-OH is 1. The van der Waals surface area contributed by atoms with Crippen LogP contribution in [-0.2, 0) is 11.2 Å². The van der Waals surface area contributed by atoms with Crippen molar-refractivity contribution in [3.05, 3.63) is 35.9 Å². The molecule has 1 aromatic carbocycles. The van der Waals surface area contributed by atoms with E-state index in [2.05, 4.69) is 21.2 Å². The molecular weight excluding hydrogens is 270 g/mol. The molecule has 1 amide bonds. The largest absolute Gasteiger partial charge is 0.394 e. The van der Waals surface area contributed by atoms with E-state index in [0.29, 0.717) is 18.2 Å². The van der Waals surface area contributed by atoms with Gasteiger partial charge in [-0.2, -0.15) is 0 Å². The first-order chi connectivity index (χ1) is 7.76. The zero-order valence-corrected chi connectivity index (χ0v) is 10.6. The summed E-state index contributed by atoms with van der Waals surface area (Å²) in [6, 6.07) is 9.61. The average molecular weight is 286 g/mol. The SMILES string of the molecule is O=C(CCBr)N[C@@H](CO)Cc1ccccc1. The van der Waals surface area contributed by atoms with Gasteiger partial charge >= 0.3 is 0 Å². The second kappa shape index (κ2) is 7.41. The van der Waals surface area contributed by atoms with Gasteiger partial charge < -0.3 is 10.4 Å². The summed E-state index contributed by atoms with van der Waals surface area (Å²) in [5.41, 5.74) is 1.11. The zero-order chi connectivity index (χ0) is 11.8. The lowest BCUT2D eigenvalue weighted by Crippen LogP contribution is -2.39. The van der Waals surface area contributed by atoms with E-state index in [1.54, 1.807) is 0 Å². The van der Waals surface area contributed by atoms with Crippen molar-refractivity contribution in [2.45, 2.75) is 18.9 Å². The third-order valence-electron chi connectivity index (χ3n) is 2.23. The van der Waals surface area contributed by atoms with Crippen LogP contribution in [0.3, 0.4) is 0 Å². The molecule has 0 spiro atoms. The molecule has 3 nitrogen and oxygen atoms in total. The highest BCUT2D eigenvalue weighted by Crippen LogP contribution is 2.03. The minimum Gasteiger partial charge on any atom is -0.394 e. The van der Waals surface area contributed by atoms with Crippen molar-refractivity contribution in [1.29, 1.82) is 0 Å². The molecule has 0 aliphatic carbocycles. The van der Waals surface area contributed by atoms with Crippen LogP contribution in [0.5, 0.6) is 0 Å². The van der Waals surface area contributed by atoms with E-state index in [9.17, 15) is 9.90 Å². The Morgan fingerprint density at radius 2 is 2.06 bits per heavy atom. The van der Waals surface area contributed by atoms with Gasteiger partial charge in [-0.1, -0.05) is 46.3 Å². The average Bonchev–Trinajstić information content (AvgIpc) is 2.30. The van der Waals surface area contributed by atoms with Gasteiger partial charge in [0.2, 0.25) is 5.91 Å². The highest BCUT2D eigenvalue weighted by molar-refractivity contribution is 9.09. The summed E-state index contributed by atoms with van der Waals surface area (Å²) >= 11 is 3.21. The molecule has 0 fully saturated rings. The number of amides is 1. The fourth-order valence-electron chi connectivity index (χ4n) is 1.45. The van der Waals surface area contributed by atoms with Crippen molar-refractivity contribution in [2.24, 2.45) is 0 Å². The number of carbonyl (C=O) groups excluding carboxylic acids is 1. The molecule has 0 bridgehead atoms. The van der Waals surface area contributed by atoms with Crippen molar-refractivity contribution in [1.82, 2.24) is 5.32 Å². The molecule has 16 heavy (non-hydrogen) atoms. The molecule has 0 radical (unpaired) electrons. The minimum atomic E-state index is -0.200. The Hall–Kier alpha value is -0.870. The van der Waals surface area contributed by atoms with Gasteiger partial charge in [-0.3, -0.25) is 4.79 Å². The molecule has 0 saturated carbocycles.